The molecule has 0 aliphatic rings. The van der Waals surface area contributed by atoms with Crippen molar-refractivity contribution in [2.75, 3.05) is 14.2 Å². The summed E-state index contributed by atoms with van der Waals surface area (Å²) in [6, 6.07) is 17.9. The molecule has 0 aliphatic carbocycles. The third-order valence-corrected chi connectivity index (χ3v) is 5.03. The lowest BCUT2D eigenvalue weighted by Crippen LogP contribution is -2.35. The molecule has 0 aliphatic heterocycles. The lowest BCUT2D eigenvalue weighted by atomic mass is 10.1. The number of methoxy groups -OCH3 is 1. The van der Waals surface area contributed by atoms with Gasteiger partial charge in [0.1, 0.15) is 5.75 Å². The van der Waals surface area contributed by atoms with Crippen molar-refractivity contribution < 1.29 is 9.53 Å². The highest BCUT2D eigenvalue weighted by molar-refractivity contribution is 8.00. The standard InChI is InChI=1S/C19H23NO2S/c1-14(16-8-6-5-7-9-16)20(3)19(21)15(2)23-18-12-10-17(22-4)11-13-18/h5-15H,1-4H3. The van der Waals surface area contributed by atoms with E-state index in [1.807, 2.05) is 61.3 Å². The maximum Gasteiger partial charge on any atom is 0.236 e. The zero-order valence-corrected chi connectivity index (χ0v) is 14.8. The van der Waals surface area contributed by atoms with Crippen LogP contribution in [0.2, 0.25) is 0 Å². The van der Waals surface area contributed by atoms with Crippen molar-refractivity contribution in [1.82, 2.24) is 4.90 Å². The van der Waals surface area contributed by atoms with Crippen LogP contribution in [0.15, 0.2) is 59.5 Å². The first-order valence-electron chi connectivity index (χ1n) is 7.65. The number of benzene rings is 2. The van der Waals surface area contributed by atoms with Crippen LogP contribution in [-0.4, -0.2) is 30.2 Å². The van der Waals surface area contributed by atoms with E-state index in [2.05, 4.69) is 19.1 Å². The van der Waals surface area contributed by atoms with Crippen LogP contribution < -0.4 is 4.74 Å². The second-order valence-corrected chi connectivity index (χ2v) is 6.89. The lowest BCUT2D eigenvalue weighted by molar-refractivity contribution is -0.130. The third kappa shape index (κ3) is 4.52. The Kier molecular flexibility index (Phi) is 6.11. The van der Waals surface area contributed by atoms with E-state index in [1.165, 1.54) is 0 Å². The van der Waals surface area contributed by atoms with Gasteiger partial charge in [0.2, 0.25) is 5.91 Å². The Labute approximate surface area is 142 Å². The minimum absolute atomic E-state index is 0.0580. The Bertz CT molecular complexity index is 628. The maximum absolute atomic E-state index is 12.7. The average Bonchev–Trinajstić information content (AvgIpc) is 2.61. The molecule has 0 spiro atoms. The van der Waals surface area contributed by atoms with Crippen LogP contribution in [0.1, 0.15) is 25.5 Å². The van der Waals surface area contributed by atoms with Gasteiger partial charge < -0.3 is 9.64 Å². The predicted octanol–water partition coefficient (Wildman–Crippen LogP) is 4.40. The molecule has 0 saturated heterocycles. The van der Waals surface area contributed by atoms with Crippen LogP contribution in [0.4, 0.5) is 0 Å². The molecule has 2 rings (SSSR count). The van der Waals surface area contributed by atoms with Gasteiger partial charge in [-0.1, -0.05) is 30.3 Å². The topological polar surface area (TPSA) is 29.5 Å². The van der Waals surface area contributed by atoms with E-state index < -0.39 is 0 Å². The summed E-state index contributed by atoms with van der Waals surface area (Å²) in [6.07, 6.45) is 0. The smallest absolute Gasteiger partial charge is 0.236 e. The van der Waals surface area contributed by atoms with Crippen molar-refractivity contribution in [3.05, 3.63) is 60.2 Å². The number of rotatable bonds is 6. The summed E-state index contributed by atoms with van der Waals surface area (Å²) in [6.45, 7) is 4.00. The van der Waals surface area contributed by atoms with Gasteiger partial charge in [-0.15, -0.1) is 11.8 Å². The molecule has 3 nitrogen and oxygen atoms in total. The van der Waals surface area contributed by atoms with Crippen molar-refractivity contribution >= 4 is 17.7 Å². The fourth-order valence-corrected chi connectivity index (χ4v) is 3.31. The van der Waals surface area contributed by atoms with Crippen LogP contribution in [-0.2, 0) is 4.79 Å². The van der Waals surface area contributed by atoms with Crippen molar-refractivity contribution in [2.24, 2.45) is 0 Å². The molecule has 2 aromatic carbocycles. The van der Waals surface area contributed by atoms with Gasteiger partial charge in [0.05, 0.1) is 18.4 Å². The summed E-state index contributed by atoms with van der Waals surface area (Å²) in [5.74, 6) is 0.949. The average molecular weight is 329 g/mol. The Morgan fingerprint density at radius 2 is 1.65 bits per heavy atom. The SMILES string of the molecule is COc1ccc(SC(C)C(=O)N(C)C(C)c2ccccc2)cc1. The predicted molar refractivity (Wildman–Crippen MR) is 95.9 cm³/mol. The lowest BCUT2D eigenvalue weighted by Gasteiger charge is -2.28. The number of nitrogens with zero attached hydrogens (tertiary/aromatic N) is 1. The summed E-state index contributed by atoms with van der Waals surface area (Å²) in [7, 11) is 3.51. The molecule has 23 heavy (non-hydrogen) atoms. The largest absolute Gasteiger partial charge is 0.497 e. The highest BCUT2D eigenvalue weighted by Crippen LogP contribution is 2.28. The minimum atomic E-state index is -0.139. The monoisotopic (exact) mass is 329 g/mol. The van der Waals surface area contributed by atoms with Crippen LogP contribution in [0, 0.1) is 0 Å². The highest BCUT2D eigenvalue weighted by atomic mass is 32.2. The molecule has 2 aromatic rings. The number of ether oxygens (including phenoxy) is 1. The van der Waals surface area contributed by atoms with Gasteiger partial charge in [-0.05, 0) is 43.7 Å². The molecule has 0 saturated carbocycles. The summed E-state index contributed by atoms with van der Waals surface area (Å²) >= 11 is 1.57. The van der Waals surface area contributed by atoms with Crippen molar-refractivity contribution in [3.63, 3.8) is 0 Å². The van der Waals surface area contributed by atoms with Crippen LogP contribution in [0.3, 0.4) is 0 Å². The first kappa shape index (κ1) is 17.4. The van der Waals surface area contributed by atoms with Gasteiger partial charge in [-0.2, -0.15) is 0 Å². The number of hydrogen-bond donors (Lipinski definition) is 0. The fraction of sp³-hybridized carbons (Fsp3) is 0.316. The normalized spacial score (nSPS) is 13.2. The van der Waals surface area contributed by atoms with Crippen LogP contribution in [0.5, 0.6) is 5.75 Å². The quantitative estimate of drug-likeness (QED) is 0.736. The molecule has 2 atom stereocenters. The zero-order valence-electron chi connectivity index (χ0n) is 14.0. The van der Waals surface area contributed by atoms with Crippen LogP contribution in [0.25, 0.3) is 0 Å². The summed E-state index contributed by atoms with van der Waals surface area (Å²) < 4.78 is 5.16. The van der Waals surface area contributed by atoms with E-state index in [4.69, 9.17) is 4.74 Å². The Balaban J connectivity index is 2.00. The first-order chi connectivity index (χ1) is 11.0. The maximum atomic E-state index is 12.7. The van der Waals surface area contributed by atoms with E-state index in [0.29, 0.717) is 0 Å². The van der Waals surface area contributed by atoms with Gasteiger partial charge >= 0.3 is 0 Å². The van der Waals surface area contributed by atoms with E-state index in [1.54, 1.807) is 18.9 Å². The minimum Gasteiger partial charge on any atom is -0.497 e. The number of hydrogen-bond acceptors (Lipinski definition) is 3. The van der Waals surface area contributed by atoms with Crippen molar-refractivity contribution in [2.45, 2.75) is 30.0 Å². The highest BCUT2D eigenvalue weighted by Gasteiger charge is 2.23. The number of carbonyl (C=O) groups is 1. The Morgan fingerprint density at radius 1 is 1.04 bits per heavy atom. The first-order valence-corrected chi connectivity index (χ1v) is 8.53. The second kappa shape index (κ2) is 8.06. The third-order valence-electron chi connectivity index (χ3n) is 3.93. The molecule has 0 fully saturated rings. The van der Waals surface area contributed by atoms with Gasteiger partial charge in [0.15, 0.2) is 0 Å². The Morgan fingerprint density at radius 3 is 2.22 bits per heavy atom. The summed E-state index contributed by atoms with van der Waals surface area (Å²) in [5, 5.41) is -0.139. The van der Waals surface area contributed by atoms with Gasteiger partial charge in [-0.25, -0.2) is 0 Å². The van der Waals surface area contributed by atoms with Gasteiger partial charge in [0.25, 0.3) is 0 Å². The molecule has 0 heterocycles. The number of carbonyl (C=O) groups excluding carboxylic acids is 1. The fourth-order valence-electron chi connectivity index (χ4n) is 2.34. The molecule has 0 bridgehead atoms. The Hall–Kier alpha value is -1.94. The molecule has 122 valence electrons. The van der Waals surface area contributed by atoms with Crippen molar-refractivity contribution in [1.29, 1.82) is 0 Å². The van der Waals surface area contributed by atoms with Crippen LogP contribution >= 0.6 is 11.8 Å². The molecule has 0 radical (unpaired) electrons. The molecule has 1 amide bonds. The van der Waals surface area contributed by atoms with Gasteiger partial charge in [0, 0.05) is 11.9 Å². The summed E-state index contributed by atoms with van der Waals surface area (Å²) in [4.78, 5) is 15.5. The summed E-state index contributed by atoms with van der Waals surface area (Å²) in [5.41, 5.74) is 1.14. The van der Waals surface area contributed by atoms with E-state index >= 15 is 0 Å². The van der Waals surface area contributed by atoms with Gasteiger partial charge in [-0.3, -0.25) is 4.79 Å². The molecule has 4 heteroatoms. The zero-order chi connectivity index (χ0) is 16.8. The molecular formula is C19H23NO2S. The second-order valence-electron chi connectivity index (χ2n) is 5.47. The number of thioether (sulfide) groups is 1. The molecule has 0 aromatic heterocycles. The molecule has 2 unspecified atom stereocenters. The van der Waals surface area contributed by atoms with Crippen molar-refractivity contribution in [3.8, 4) is 5.75 Å². The number of amides is 1. The van der Waals surface area contributed by atoms with E-state index in [-0.39, 0.29) is 17.2 Å². The molecule has 0 N–H and O–H groups in total. The van der Waals surface area contributed by atoms with E-state index in [0.717, 1.165) is 16.2 Å². The van der Waals surface area contributed by atoms with E-state index in [9.17, 15) is 4.79 Å². The molecular weight excluding hydrogens is 306 g/mol.